The summed E-state index contributed by atoms with van der Waals surface area (Å²) < 4.78 is 1.48. The highest BCUT2D eigenvalue weighted by molar-refractivity contribution is 7.12. The van der Waals surface area contributed by atoms with Crippen LogP contribution in [0, 0.1) is 0 Å². The molecule has 3 aromatic rings. The van der Waals surface area contributed by atoms with Gasteiger partial charge in [0.2, 0.25) is 5.91 Å². The molecule has 31 heavy (non-hydrogen) atoms. The molecule has 0 radical (unpaired) electrons. The number of thiophene rings is 1. The Morgan fingerprint density at radius 2 is 1.84 bits per heavy atom. The molecule has 8 nitrogen and oxygen atoms in total. The highest BCUT2D eigenvalue weighted by Crippen LogP contribution is 2.13. The van der Waals surface area contributed by atoms with E-state index in [0.717, 1.165) is 24.5 Å². The molecule has 3 heterocycles. The van der Waals surface area contributed by atoms with E-state index in [2.05, 4.69) is 15.2 Å². The molecule has 2 amide bonds. The van der Waals surface area contributed by atoms with Crippen LogP contribution >= 0.6 is 11.3 Å². The van der Waals surface area contributed by atoms with Crippen LogP contribution in [0.4, 0.5) is 0 Å². The predicted molar refractivity (Wildman–Crippen MR) is 120 cm³/mol. The Bertz CT molecular complexity index is 1100. The summed E-state index contributed by atoms with van der Waals surface area (Å²) in [5, 5.41) is 5.39. The summed E-state index contributed by atoms with van der Waals surface area (Å²) in [7, 11) is 0. The average Bonchev–Trinajstić information content (AvgIpc) is 3.34. The van der Waals surface area contributed by atoms with Crippen molar-refractivity contribution in [3.05, 3.63) is 63.3 Å². The minimum absolute atomic E-state index is 0.0911. The number of aromatic nitrogens is 2. The minimum Gasteiger partial charge on any atom is -0.355 e. The number of hydrogen-bond donors (Lipinski definition) is 1. The Balaban J connectivity index is 1.17. The molecule has 1 aromatic carbocycles. The van der Waals surface area contributed by atoms with Gasteiger partial charge in [0.15, 0.2) is 0 Å². The third-order valence-electron chi connectivity index (χ3n) is 5.45. The number of rotatable bonds is 7. The van der Waals surface area contributed by atoms with E-state index in [9.17, 15) is 14.4 Å². The fraction of sp³-hybridized carbons (Fsp3) is 0.364. The van der Waals surface area contributed by atoms with E-state index in [1.807, 2.05) is 28.5 Å². The maximum absolute atomic E-state index is 12.5. The highest BCUT2D eigenvalue weighted by Gasteiger charge is 2.22. The molecule has 1 N–H and O–H groups in total. The van der Waals surface area contributed by atoms with Crippen LogP contribution < -0.4 is 10.9 Å². The summed E-state index contributed by atoms with van der Waals surface area (Å²) in [6, 6.07) is 10.9. The van der Waals surface area contributed by atoms with E-state index < -0.39 is 0 Å². The van der Waals surface area contributed by atoms with Crippen molar-refractivity contribution in [1.29, 1.82) is 0 Å². The van der Waals surface area contributed by atoms with Gasteiger partial charge in [0, 0.05) is 52.2 Å². The predicted octanol–water partition coefficient (Wildman–Crippen LogP) is 1.42. The quantitative estimate of drug-likeness (QED) is 0.602. The zero-order chi connectivity index (χ0) is 21.6. The first-order valence-corrected chi connectivity index (χ1v) is 11.3. The number of benzene rings is 1. The molecule has 0 aliphatic carbocycles. The van der Waals surface area contributed by atoms with E-state index in [-0.39, 0.29) is 23.8 Å². The maximum atomic E-state index is 12.5. The molecule has 0 saturated carbocycles. The first kappa shape index (κ1) is 21.2. The molecule has 1 aliphatic heterocycles. The van der Waals surface area contributed by atoms with E-state index in [1.54, 1.807) is 18.2 Å². The minimum atomic E-state index is -0.131. The molecule has 1 fully saturated rings. The molecule has 162 valence electrons. The molecule has 0 atom stereocenters. The van der Waals surface area contributed by atoms with Gasteiger partial charge in [-0.2, -0.15) is 0 Å². The number of carbonyl (C=O) groups excluding carboxylic acids is 2. The molecule has 1 saturated heterocycles. The summed E-state index contributed by atoms with van der Waals surface area (Å²) in [5.41, 5.74) is 0.527. The Morgan fingerprint density at radius 3 is 2.61 bits per heavy atom. The van der Waals surface area contributed by atoms with Crippen molar-refractivity contribution >= 4 is 34.1 Å². The number of amides is 2. The fourth-order valence-corrected chi connectivity index (χ4v) is 4.35. The summed E-state index contributed by atoms with van der Waals surface area (Å²) in [5.74, 6) is 0.00735. The number of piperazine rings is 1. The van der Waals surface area contributed by atoms with Crippen molar-refractivity contribution in [3.8, 4) is 0 Å². The van der Waals surface area contributed by atoms with Gasteiger partial charge in [-0.05, 0) is 23.6 Å². The zero-order valence-electron chi connectivity index (χ0n) is 17.2. The molecule has 2 aromatic heterocycles. The second-order valence-electron chi connectivity index (χ2n) is 7.47. The van der Waals surface area contributed by atoms with Gasteiger partial charge in [-0.3, -0.25) is 23.9 Å². The fourth-order valence-electron chi connectivity index (χ4n) is 3.66. The lowest BCUT2D eigenvalue weighted by molar-refractivity contribution is -0.121. The van der Waals surface area contributed by atoms with Crippen molar-refractivity contribution in [2.24, 2.45) is 0 Å². The number of carbonyl (C=O) groups is 2. The van der Waals surface area contributed by atoms with Gasteiger partial charge >= 0.3 is 0 Å². The molecule has 0 bridgehead atoms. The third kappa shape index (κ3) is 5.18. The van der Waals surface area contributed by atoms with Crippen molar-refractivity contribution < 1.29 is 9.59 Å². The van der Waals surface area contributed by atoms with Crippen LogP contribution in [-0.4, -0.2) is 70.4 Å². The molecule has 4 rings (SSSR count). The Hall–Kier alpha value is -3.04. The molecular weight excluding hydrogens is 414 g/mol. The Labute approximate surface area is 184 Å². The van der Waals surface area contributed by atoms with Crippen LogP contribution in [-0.2, 0) is 11.3 Å². The van der Waals surface area contributed by atoms with Crippen LogP contribution in [0.2, 0.25) is 0 Å². The summed E-state index contributed by atoms with van der Waals surface area (Å²) in [6.07, 6.45) is 1.72. The smallest absolute Gasteiger partial charge is 0.264 e. The van der Waals surface area contributed by atoms with Gasteiger partial charge in [0.1, 0.15) is 0 Å². The van der Waals surface area contributed by atoms with Gasteiger partial charge in [-0.25, -0.2) is 4.98 Å². The molecule has 0 spiro atoms. The SMILES string of the molecule is O=C(CCn1cnc2ccccc2c1=O)NCCN1CCN(C(=O)c2cccs2)CC1. The van der Waals surface area contributed by atoms with Gasteiger partial charge in [0.05, 0.1) is 22.1 Å². The van der Waals surface area contributed by atoms with Gasteiger partial charge in [-0.1, -0.05) is 18.2 Å². The van der Waals surface area contributed by atoms with Crippen molar-refractivity contribution in [2.45, 2.75) is 13.0 Å². The number of nitrogens with one attached hydrogen (secondary N) is 1. The number of para-hydroxylation sites is 1. The van der Waals surface area contributed by atoms with Crippen LogP contribution in [0.3, 0.4) is 0 Å². The maximum Gasteiger partial charge on any atom is 0.264 e. The molecule has 0 unspecified atom stereocenters. The topological polar surface area (TPSA) is 87.5 Å². The van der Waals surface area contributed by atoms with Crippen molar-refractivity contribution in [1.82, 2.24) is 24.7 Å². The van der Waals surface area contributed by atoms with Crippen molar-refractivity contribution in [2.75, 3.05) is 39.3 Å². The first-order valence-electron chi connectivity index (χ1n) is 10.4. The number of hydrogen-bond acceptors (Lipinski definition) is 6. The normalized spacial score (nSPS) is 14.6. The molecule has 1 aliphatic rings. The summed E-state index contributed by atoms with van der Waals surface area (Å²) in [4.78, 5) is 46.2. The van der Waals surface area contributed by atoms with Gasteiger partial charge in [-0.15, -0.1) is 11.3 Å². The van der Waals surface area contributed by atoms with Crippen LogP contribution in [0.15, 0.2) is 52.9 Å². The lowest BCUT2D eigenvalue weighted by Crippen LogP contribution is -2.50. The van der Waals surface area contributed by atoms with Crippen LogP contribution in [0.5, 0.6) is 0 Å². The largest absolute Gasteiger partial charge is 0.355 e. The van der Waals surface area contributed by atoms with E-state index >= 15 is 0 Å². The molecule has 9 heteroatoms. The number of nitrogens with zero attached hydrogens (tertiary/aromatic N) is 4. The lowest BCUT2D eigenvalue weighted by atomic mass is 10.2. The van der Waals surface area contributed by atoms with Gasteiger partial charge in [0.25, 0.3) is 11.5 Å². The van der Waals surface area contributed by atoms with Crippen LogP contribution in [0.1, 0.15) is 16.1 Å². The highest BCUT2D eigenvalue weighted by atomic mass is 32.1. The average molecular weight is 440 g/mol. The summed E-state index contributed by atoms with van der Waals surface area (Å²) >= 11 is 1.47. The second kappa shape index (κ2) is 9.84. The van der Waals surface area contributed by atoms with E-state index in [0.29, 0.717) is 37.1 Å². The van der Waals surface area contributed by atoms with E-state index in [1.165, 1.54) is 22.2 Å². The lowest BCUT2D eigenvalue weighted by Gasteiger charge is -2.34. The second-order valence-corrected chi connectivity index (χ2v) is 8.42. The standard InChI is InChI=1S/C22H25N5O3S/c28-20(7-9-27-16-24-18-5-2-1-4-17(18)21(27)29)23-8-10-25-11-13-26(14-12-25)22(30)19-6-3-15-31-19/h1-6,15-16H,7-14H2,(H,23,28). The zero-order valence-corrected chi connectivity index (χ0v) is 18.0. The van der Waals surface area contributed by atoms with Gasteiger partial charge < -0.3 is 10.2 Å². The Morgan fingerprint density at radius 1 is 1.03 bits per heavy atom. The Kier molecular flexibility index (Phi) is 6.73. The van der Waals surface area contributed by atoms with E-state index in [4.69, 9.17) is 0 Å². The third-order valence-corrected chi connectivity index (χ3v) is 6.31. The number of fused-ring (bicyclic) bond motifs is 1. The monoisotopic (exact) mass is 439 g/mol. The van der Waals surface area contributed by atoms with Crippen molar-refractivity contribution in [3.63, 3.8) is 0 Å². The van der Waals surface area contributed by atoms with Crippen LogP contribution in [0.25, 0.3) is 10.9 Å². The summed E-state index contributed by atoms with van der Waals surface area (Å²) in [6.45, 7) is 4.57. The molecular formula is C22H25N5O3S. The number of aryl methyl sites for hydroxylation is 1. The first-order chi connectivity index (χ1) is 15.1.